The number of carbonyl (C=O) groups is 2. The average molecular weight is 354 g/mol. The lowest BCUT2D eigenvalue weighted by Crippen LogP contribution is -2.17. The van der Waals surface area contributed by atoms with Gasteiger partial charge >= 0.3 is 0 Å². The second-order valence-corrected chi connectivity index (χ2v) is 6.53. The van der Waals surface area contributed by atoms with Crippen LogP contribution < -0.4 is 0 Å². The highest BCUT2D eigenvalue weighted by Gasteiger charge is 2.23. The molecule has 6 heteroatoms. The smallest absolute Gasteiger partial charge is 0.208 e. The fourth-order valence-electron chi connectivity index (χ4n) is 1.81. The summed E-state index contributed by atoms with van der Waals surface area (Å²) in [6.45, 7) is 0. The Morgan fingerprint density at radius 2 is 1.82 bits per heavy atom. The number of nitrogens with zero attached hydrogens (tertiary/aromatic N) is 1. The highest BCUT2D eigenvalue weighted by molar-refractivity contribution is 7.12. The molecule has 1 aromatic carbocycles. The monoisotopic (exact) mass is 353 g/mol. The minimum Gasteiger partial charge on any atom is -0.383 e. The quantitative estimate of drug-likeness (QED) is 0.342. The summed E-state index contributed by atoms with van der Waals surface area (Å²) < 4.78 is 0. The second kappa shape index (κ2) is 7.09. The van der Waals surface area contributed by atoms with Crippen LogP contribution in [0.5, 0.6) is 0 Å². The molecule has 0 aliphatic heterocycles. The number of halogens is 2. The van der Waals surface area contributed by atoms with Crippen LogP contribution in [0.1, 0.15) is 20.0 Å². The van der Waals surface area contributed by atoms with Crippen LogP contribution in [0.15, 0.2) is 47.5 Å². The first-order valence-electron chi connectivity index (χ1n) is 6.36. The fourth-order valence-corrected chi connectivity index (χ4v) is 2.79. The molecule has 22 heavy (non-hydrogen) atoms. The third-order valence-corrected chi connectivity index (χ3v) is 4.41. The van der Waals surface area contributed by atoms with E-state index in [1.165, 1.54) is 23.6 Å². The Morgan fingerprint density at radius 3 is 2.36 bits per heavy atom. The first-order chi connectivity index (χ1) is 10.4. The summed E-state index contributed by atoms with van der Waals surface area (Å²) in [5.41, 5.74) is 0.415. The maximum atomic E-state index is 12.7. The standard InChI is InChI=1S/C16H13Cl2NO2S/c1-19(2)9-11(16(21)14-4-3-7-22-14)15(20)10-5-6-12(17)13(18)8-10/h3-9H,1-2H3. The zero-order chi connectivity index (χ0) is 16.3. The highest BCUT2D eigenvalue weighted by atomic mass is 35.5. The van der Waals surface area contributed by atoms with Crippen molar-refractivity contribution in [3.8, 4) is 0 Å². The molecule has 0 spiro atoms. The fraction of sp³-hybridized carbons (Fsp3) is 0.125. The lowest BCUT2D eigenvalue weighted by atomic mass is 10.00. The van der Waals surface area contributed by atoms with Gasteiger partial charge in [0.25, 0.3) is 0 Å². The van der Waals surface area contributed by atoms with Crippen molar-refractivity contribution in [2.24, 2.45) is 0 Å². The molecule has 0 saturated carbocycles. The van der Waals surface area contributed by atoms with E-state index >= 15 is 0 Å². The number of benzene rings is 1. The normalized spacial score (nSPS) is 11.4. The number of hydrogen-bond acceptors (Lipinski definition) is 4. The van der Waals surface area contributed by atoms with Crippen molar-refractivity contribution in [3.63, 3.8) is 0 Å². The maximum Gasteiger partial charge on any atom is 0.208 e. The molecule has 3 nitrogen and oxygen atoms in total. The molecule has 114 valence electrons. The molecular formula is C16H13Cl2NO2S. The van der Waals surface area contributed by atoms with E-state index in [4.69, 9.17) is 23.2 Å². The zero-order valence-corrected chi connectivity index (χ0v) is 14.3. The molecule has 1 aromatic heterocycles. The molecule has 0 unspecified atom stereocenters. The minimum absolute atomic E-state index is 0.0887. The molecule has 0 aliphatic carbocycles. The summed E-state index contributed by atoms with van der Waals surface area (Å²) in [6.07, 6.45) is 1.52. The molecule has 2 aromatic rings. The van der Waals surface area contributed by atoms with Crippen LogP contribution in [0.2, 0.25) is 10.0 Å². The molecular weight excluding hydrogens is 341 g/mol. The van der Waals surface area contributed by atoms with Gasteiger partial charge in [-0.3, -0.25) is 9.59 Å². The molecule has 0 saturated heterocycles. The topological polar surface area (TPSA) is 37.4 Å². The zero-order valence-electron chi connectivity index (χ0n) is 12.0. The maximum absolute atomic E-state index is 12.7. The molecule has 0 bridgehead atoms. The van der Waals surface area contributed by atoms with E-state index in [-0.39, 0.29) is 22.2 Å². The first-order valence-corrected chi connectivity index (χ1v) is 8.00. The van der Waals surface area contributed by atoms with Gasteiger partial charge in [0.15, 0.2) is 5.78 Å². The molecule has 0 N–H and O–H groups in total. The van der Waals surface area contributed by atoms with Gasteiger partial charge in [0.2, 0.25) is 5.78 Å². The third-order valence-electron chi connectivity index (χ3n) is 2.80. The number of ketones is 2. The van der Waals surface area contributed by atoms with E-state index in [0.717, 1.165) is 0 Å². The van der Waals surface area contributed by atoms with Gasteiger partial charge in [0, 0.05) is 25.9 Å². The first kappa shape index (κ1) is 16.7. The number of thiophene rings is 1. The number of allylic oxidation sites excluding steroid dienone is 1. The molecule has 0 radical (unpaired) electrons. The Morgan fingerprint density at radius 1 is 1.09 bits per heavy atom. The van der Waals surface area contributed by atoms with Crippen LogP contribution >= 0.6 is 34.5 Å². The largest absolute Gasteiger partial charge is 0.383 e. The van der Waals surface area contributed by atoms with E-state index in [0.29, 0.717) is 15.5 Å². The molecule has 0 fully saturated rings. The van der Waals surface area contributed by atoms with Gasteiger partial charge < -0.3 is 4.90 Å². The van der Waals surface area contributed by atoms with E-state index in [2.05, 4.69) is 0 Å². The highest BCUT2D eigenvalue weighted by Crippen LogP contribution is 2.25. The van der Waals surface area contributed by atoms with Crippen LogP contribution in [0.25, 0.3) is 0 Å². The van der Waals surface area contributed by atoms with E-state index < -0.39 is 0 Å². The molecule has 0 amide bonds. The Kier molecular flexibility index (Phi) is 5.40. The Labute approximate surface area is 142 Å². The summed E-state index contributed by atoms with van der Waals surface area (Å²) in [7, 11) is 3.51. The Hall–Kier alpha value is -1.62. The molecule has 2 rings (SSSR count). The molecule has 0 atom stereocenters. The van der Waals surface area contributed by atoms with E-state index in [9.17, 15) is 9.59 Å². The number of carbonyl (C=O) groups excluding carboxylic acids is 2. The number of rotatable bonds is 5. The van der Waals surface area contributed by atoms with Crippen molar-refractivity contribution in [2.45, 2.75) is 0 Å². The van der Waals surface area contributed by atoms with Gasteiger partial charge in [0.1, 0.15) is 0 Å². The number of hydrogen-bond donors (Lipinski definition) is 0. The molecule has 1 heterocycles. The summed E-state index contributed by atoms with van der Waals surface area (Å²) >= 11 is 13.1. The van der Waals surface area contributed by atoms with Gasteiger partial charge in [-0.15, -0.1) is 11.3 Å². The van der Waals surface area contributed by atoms with Gasteiger partial charge in [-0.2, -0.15) is 0 Å². The number of Topliss-reactive ketones (excluding diaryl/α,β-unsaturated/α-hetero) is 2. The van der Waals surface area contributed by atoms with E-state index in [1.54, 1.807) is 48.6 Å². The lowest BCUT2D eigenvalue weighted by molar-refractivity contribution is 0.0962. The Balaban J connectivity index is 2.43. The summed E-state index contributed by atoms with van der Waals surface area (Å²) in [6, 6.07) is 8.03. The van der Waals surface area contributed by atoms with Crippen molar-refractivity contribution in [1.29, 1.82) is 0 Å². The van der Waals surface area contributed by atoms with Crippen molar-refractivity contribution >= 4 is 46.1 Å². The van der Waals surface area contributed by atoms with Crippen molar-refractivity contribution < 1.29 is 9.59 Å². The summed E-state index contributed by atoms with van der Waals surface area (Å²) in [5, 5.41) is 2.44. The van der Waals surface area contributed by atoms with Gasteiger partial charge in [0.05, 0.1) is 20.5 Å². The van der Waals surface area contributed by atoms with Crippen LogP contribution in [-0.4, -0.2) is 30.6 Å². The van der Waals surface area contributed by atoms with Crippen LogP contribution in [-0.2, 0) is 0 Å². The van der Waals surface area contributed by atoms with Gasteiger partial charge in [-0.1, -0.05) is 29.3 Å². The minimum atomic E-state index is -0.384. The lowest BCUT2D eigenvalue weighted by Gasteiger charge is -2.10. The Bertz CT molecular complexity index is 737. The average Bonchev–Trinajstić information content (AvgIpc) is 3.00. The summed E-state index contributed by atoms with van der Waals surface area (Å²) in [5.74, 6) is -0.689. The second-order valence-electron chi connectivity index (χ2n) is 4.77. The van der Waals surface area contributed by atoms with Crippen molar-refractivity contribution in [1.82, 2.24) is 4.90 Å². The van der Waals surface area contributed by atoms with E-state index in [1.807, 2.05) is 0 Å². The van der Waals surface area contributed by atoms with Gasteiger partial charge in [-0.05, 0) is 29.6 Å². The van der Waals surface area contributed by atoms with Crippen molar-refractivity contribution in [2.75, 3.05) is 14.1 Å². The molecule has 0 aliphatic rings. The summed E-state index contributed by atoms with van der Waals surface area (Å²) in [4.78, 5) is 27.4. The van der Waals surface area contributed by atoms with Gasteiger partial charge in [-0.25, -0.2) is 0 Å². The predicted molar refractivity (Wildman–Crippen MR) is 91.2 cm³/mol. The van der Waals surface area contributed by atoms with Crippen LogP contribution in [0, 0.1) is 0 Å². The van der Waals surface area contributed by atoms with Crippen molar-refractivity contribution in [3.05, 3.63) is 68.0 Å². The van der Waals surface area contributed by atoms with Crippen LogP contribution in [0.3, 0.4) is 0 Å². The SMILES string of the molecule is CN(C)C=C(C(=O)c1ccc(Cl)c(Cl)c1)C(=O)c1cccs1. The van der Waals surface area contributed by atoms with Crippen LogP contribution in [0.4, 0.5) is 0 Å². The third kappa shape index (κ3) is 3.77. The predicted octanol–water partition coefficient (Wildman–Crippen LogP) is 4.57.